The van der Waals surface area contributed by atoms with Crippen LogP contribution in [-0.4, -0.2) is 66.1 Å². The normalized spacial score (nSPS) is 19.7. The zero-order chi connectivity index (χ0) is 19.0. The number of sulfonamides is 1. The van der Waals surface area contributed by atoms with Crippen LogP contribution in [0, 0.1) is 0 Å². The lowest BCUT2D eigenvalue weighted by atomic mass is 10.2. The highest BCUT2D eigenvalue weighted by Gasteiger charge is 2.42. The second kappa shape index (κ2) is 7.22. The molecular formula is C14H19BrN2O6S2. The van der Waals surface area contributed by atoms with Crippen LogP contribution in [0.5, 0.6) is 0 Å². The SMILES string of the molecule is CC(C)(C)OC(=O)N1CCN(S(=O)(=O)c2ccc(Br)s2)[C@H](C(=O)O)C1. The van der Waals surface area contributed by atoms with Gasteiger partial charge in [-0.2, -0.15) is 4.31 Å². The van der Waals surface area contributed by atoms with Crippen molar-refractivity contribution in [1.82, 2.24) is 9.21 Å². The third kappa shape index (κ3) is 4.72. The van der Waals surface area contributed by atoms with Crippen molar-refractivity contribution in [1.29, 1.82) is 0 Å². The molecule has 0 bridgehead atoms. The lowest BCUT2D eigenvalue weighted by molar-refractivity contribution is -0.143. The first-order valence-corrected chi connectivity index (χ1v) is 10.4. The van der Waals surface area contributed by atoms with Gasteiger partial charge in [0.1, 0.15) is 15.9 Å². The van der Waals surface area contributed by atoms with Gasteiger partial charge in [-0.05, 0) is 48.8 Å². The average molecular weight is 455 g/mol. The second-order valence-corrected chi connectivity index (χ2v) is 11.0. The van der Waals surface area contributed by atoms with E-state index < -0.39 is 33.7 Å². The number of carboxylic acids is 1. The third-order valence-corrected chi connectivity index (χ3v) is 7.38. The van der Waals surface area contributed by atoms with Gasteiger partial charge in [-0.3, -0.25) is 4.79 Å². The van der Waals surface area contributed by atoms with E-state index in [2.05, 4.69) is 15.9 Å². The van der Waals surface area contributed by atoms with Crippen molar-refractivity contribution in [3.63, 3.8) is 0 Å². The Labute approximate surface area is 158 Å². The van der Waals surface area contributed by atoms with Crippen LogP contribution in [0.4, 0.5) is 4.79 Å². The molecule has 1 atom stereocenters. The van der Waals surface area contributed by atoms with Crippen molar-refractivity contribution in [3.8, 4) is 0 Å². The van der Waals surface area contributed by atoms with Gasteiger partial charge in [-0.25, -0.2) is 13.2 Å². The van der Waals surface area contributed by atoms with Crippen LogP contribution in [0.3, 0.4) is 0 Å². The van der Waals surface area contributed by atoms with Crippen LogP contribution in [0.2, 0.25) is 0 Å². The van der Waals surface area contributed by atoms with Gasteiger partial charge in [0.15, 0.2) is 0 Å². The summed E-state index contributed by atoms with van der Waals surface area (Å²) in [5.74, 6) is -1.31. The molecule has 0 saturated carbocycles. The number of thiophene rings is 1. The number of amides is 1. The molecule has 1 aromatic heterocycles. The van der Waals surface area contributed by atoms with Gasteiger partial charge in [0.05, 0.1) is 10.3 Å². The summed E-state index contributed by atoms with van der Waals surface area (Å²) in [7, 11) is -3.96. The summed E-state index contributed by atoms with van der Waals surface area (Å²) in [5, 5.41) is 9.47. The van der Waals surface area contributed by atoms with Crippen LogP contribution in [0.1, 0.15) is 20.8 Å². The highest BCUT2D eigenvalue weighted by molar-refractivity contribution is 9.11. The average Bonchev–Trinajstić information content (AvgIpc) is 2.92. The number of rotatable bonds is 3. The molecule has 1 amide bonds. The van der Waals surface area contributed by atoms with Gasteiger partial charge in [0.25, 0.3) is 10.0 Å². The molecule has 0 unspecified atom stereocenters. The minimum absolute atomic E-state index is 0.0522. The van der Waals surface area contributed by atoms with Crippen molar-refractivity contribution >= 4 is 49.4 Å². The predicted octanol–water partition coefficient (Wildman–Crippen LogP) is 2.21. The quantitative estimate of drug-likeness (QED) is 0.750. The molecule has 0 aliphatic carbocycles. The number of aliphatic carboxylic acids is 1. The Hall–Kier alpha value is -1.17. The molecule has 2 heterocycles. The van der Waals surface area contributed by atoms with Gasteiger partial charge in [-0.1, -0.05) is 0 Å². The number of nitrogens with zero attached hydrogens (tertiary/aromatic N) is 2. The Morgan fingerprint density at radius 2 is 1.96 bits per heavy atom. The summed E-state index contributed by atoms with van der Waals surface area (Å²) in [5.41, 5.74) is -0.720. The van der Waals surface area contributed by atoms with Crippen LogP contribution in [0.15, 0.2) is 20.1 Å². The molecule has 0 spiro atoms. The summed E-state index contributed by atoms with van der Waals surface area (Å²) >= 11 is 4.20. The fourth-order valence-electron chi connectivity index (χ4n) is 2.30. The topological polar surface area (TPSA) is 104 Å². The van der Waals surface area contributed by atoms with E-state index in [1.54, 1.807) is 26.8 Å². The van der Waals surface area contributed by atoms with E-state index in [4.69, 9.17) is 4.74 Å². The van der Waals surface area contributed by atoms with Crippen molar-refractivity contribution in [2.45, 2.75) is 36.6 Å². The largest absolute Gasteiger partial charge is 0.480 e. The Kier molecular flexibility index (Phi) is 5.81. The molecule has 0 radical (unpaired) electrons. The van der Waals surface area contributed by atoms with E-state index in [0.29, 0.717) is 3.79 Å². The summed E-state index contributed by atoms with van der Waals surface area (Å²) in [6.07, 6.45) is -0.658. The first-order chi connectivity index (χ1) is 11.4. The number of ether oxygens (including phenoxy) is 1. The number of hydrogen-bond acceptors (Lipinski definition) is 6. The molecule has 1 saturated heterocycles. The molecule has 2 rings (SSSR count). The number of carbonyl (C=O) groups excluding carboxylic acids is 1. The van der Waals surface area contributed by atoms with Crippen LogP contribution >= 0.6 is 27.3 Å². The Morgan fingerprint density at radius 3 is 2.44 bits per heavy atom. The number of piperazine rings is 1. The molecule has 1 fully saturated rings. The van der Waals surface area contributed by atoms with Crippen LogP contribution in [-0.2, 0) is 19.6 Å². The van der Waals surface area contributed by atoms with Gasteiger partial charge < -0.3 is 14.7 Å². The highest BCUT2D eigenvalue weighted by Crippen LogP contribution is 2.30. The fourth-order valence-corrected chi connectivity index (χ4v) is 6.00. The minimum atomic E-state index is -3.96. The minimum Gasteiger partial charge on any atom is -0.480 e. The molecule has 1 N–H and O–H groups in total. The first kappa shape index (κ1) is 20.1. The van der Waals surface area contributed by atoms with E-state index in [1.807, 2.05) is 0 Å². The molecule has 11 heteroatoms. The number of carboxylic acid groups (broad SMARTS) is 1. The van der Waals surface area contributed by atoms with Crippen molar-refractivity contribution < 1.29 is 27.9 Å². The van der Waals surface area contributed by atoms with Gasteiger partial charge >= 0.3 is 12.1 Å². The smallest absolute Gasteiger partial charge is 0.410 e. The summed E-state index contributed by atoms with van der Waals surface area (Å²) < 4.78 is 32.3. The molecule has 0 aromatic carbocycles. The molecule has 1 aromatic rings. The Morgan fingerprint density at radius 1 is 1.32 bits per heavy atom. The maximum absolute atomic E-state index is 12.7. The predicted molar refractivity (Wildman–Crippen MR) is 95.1 cm³/mol. The lowest BCUT2D eigenvalue weighted by Crippen LogP contribution is -2.59. The molecule has 25 heavy (non-hydrogen) atoms. The van der Waals surface area contributed by atoms with E-state index in [0.717, 1.165) is 15.6 Å². The van der Waals surface area contributed by atoms with Crippen molar-refractivity contribution in [3.05, 3.63) is 15.9 Å². The van der Waals surface area contributed by atoms with Crippen LogP contribution in [0.25, 0.3) is 0 Å². The van der Waals surface area contributed by atoms with Gasteiger partial charge in [-0.15, -0.1) is 11.3 Å². The summed E-state index contributed by atoms with van der Waals surface area (Å²) in [4.78, 5) is 25.0. The molecule has 1 aliphatic rings. The second-order valence-electron chi connectivity index (χ2n) is 6.45. The van der Waals surface area contributed by atoms with E-state index >= 15 is 0 Å². The Bertz CT molecular complexity index is 771. The third-order valence-electron chi connectivity index (χ3n) is 3.38. The Balaban J connectivity index is 2.23. The number of halogens is 1. The van der Waals surface area contributed by atoms with E-state index in [-0.39, 0.29) is 23.8 Å². The van der Waals surface area contributed by atoms with Gasteiger partial charge in [0.2, 0.25) is 0 Å². The highest BCUT2D eigenvalue weighted by atomic mass is 79.9. The standard InChI is InChI=1S/C14H19BrN2O6S2/c1-14(2,3)23-13(20)16-6-7-17(9(8-16)12(18)19)25(21,22)11-5-4-10(15)24-11/h4-5,9H,6-8H2,1-3H3,(H,18,19)/t9-/m0/s1. The van der Waals surface area contributed by atoms with Crippen molar-refractivity contribution in [2.24, 2.45) is 0 Å². The lowest BCUT2D eigenvalue weighted by Gasteiger charge is -2.38. The summed E-state index contributed by atoms with van der Waals surface area (Å²) in [6.45, 7) is 4.79. The molecule has 140 valence electrons. The molecule has 1 aliphatic heterocycles. The first-order valence-electron chi connectivity index (χ1n) is 7.40. The molecular weight excluding hydrogens is 436 g/mol. The number of carbonyl (C=O) groups is 2. The van der Waals surface area contributed by atoms with Gasteiger partial charge in [0, 0.05) is 13.1 Å². The van der Waals surface area contributed by atoms with Crippen LogP contribution < -0.4 is 0 Å². The number of hydrogen-bond donors (Lipinski definition) is 1. The zero-order valence-corrected chi connectivity index (χ0v) is 17.1. The van der Waals surface area contributed by atoms with E-state index in [9.17, 15) is 23.1 Å². The fraction of sp³-hybridized carbons (Fsp3) is 0.571. The summed E-state index contributed by atoms with van der Waals surface area (Å²) in [6, 6.07) is 1.64. The maximum Gasteiger partial charge on any atom is 0.410 e. The monoisotopic (exact) mass is 454 g/mol. The zero-order valence-electron chi connectivity index (χ0n) is 13.9. The molecule has 8 nitrogen and oxygen atoms in total. The maximum atomic E-state index is 12.7. The van der Waals surface area contributed by atoms with Crippen molar-refractivity contribution in [2.75, 3.05) is 19.6 Å². The van der Waals surface area contributed by atoms with E-state index in [1.165, 1.54) is 11.0 Å².